The molecule has 0 aliphatic rings. The topological polar surface area (TPSA) is 55.2 Å². The lowest BCUT2D eigenvalue weighted by molar-refractivity contribution is -0.385. The summed E-state index contributed by atoms with van der Waals surface area (Å²) in [7, 11) is 0. The Kier molecular flexibility index (Phi) is 4.44. The summed E-state index contributed by atoms with van der Waals surface area (Å²) in [6, 6.07) is 8.78. The molecule has 1 N–H and O–H groups in total. The highest BCUT2D eigenvalue weighted by atomic mass is 79.9. The van der Waals surface area contributed by atoms with Crippen LogP contribution in [0, 0.1) is 10.1 Å². The zero-order valence-electron chi connectivity index (χ0n) is 9.89. The number of nitro benzene ring substituents is 1. The molecule has 1 atom stereocenters. The highest BCUT2D eigenvalue weighted by molar-refractivity contribution is 9.10. The van der Waals surface area contributed by atoms with E-state index in [2.05, 4.69) is 21.2 Å². The van der Waals surface area contributed by atoms with E-state index in [-0.39, 0.29) is 11.7 Å². The van der Waals surface area contributed by atoms with Gasteiger partial charge in [0.05, 0.1) is 19.8 Å². The first-order chi connectivity index (χ1) is 8.97. The van der Waals surface area contributed by atoms with Gasteiger partial charge in [-0.1, -0.05) is 11.6 Å². The Labute approximate surface area is 127 Å². The fourth-order valence-electron chi connectivity index (χ4n) is 1.62. The second-order valence-electron chi connectivity index (χ2n) is 3.93. The third kappa shape index (κ3) is 3.46. The Morgan fingerprint density at radius 3 is 2.74 bits per heavy atom. The molecule has 1 aromatic carbocycles. The fourth-order valence-corrected chi connectivity index (χ4v) is 3.08. The van der Waals surface area contributed by atoms with Crippen molar-refractivity contribution in [3.8, 4) is 0 Å². The van der Waals surface area contributed by atoms with Gasteiger partial charge in [0, 0.05) is 16.6 Å². The van der Waals surface area contributed by atoms with Crippen molar-refractivity contribution < 1.29 is 4.92 Å². The van der Waals surface area contributed by atoms with E-state index in [1.807, 2.05) is 19.1 Å². The molecule has 0 spiro atoms. The summed E-state index contributed by atoms with van der Waals surface area (Å²) in [6.45, 7) is 1.98. The summed E-state index contributed by atoms with van der Waals surface area (Å²) >= 11 is 10.5. The Morgan fingerprint density at radius 2 is 2.16 bits per heavy atom. The largest absolute Gasteiger partial charge is 0.378 e. The molecule has 100 valence electrons. The number of hydrogen-bond acceptors (Lipinski definition) is 4. The molecule has 19 heavy (non-hydrogen) atoms. The van der Waals surface area contributed by atoms with Gasteiger partial charge in [-0.25, -0.2) is 0 Å². The Morgan fingerprint density at radius 1 is 1.42 bits per heavy atom. The maximum Gasteiger partial charge on any atom is 0.285 e. The van der Waals surface area contributed by atoms with E-state index in [0.29, 0.717) is 10.2 Å². The summed E-state index contributed by atoms with van der Waals surface area (Å²) in [5, 5.41) is 14.1. The number of thiophene rings is 1. The number of anilines is 1. The molecule has 0 aliphatic carbocycles. The average Bonchev–Trinajstić information content (AvgIpc) is 2.78. The second kappa shape index (κ2) is 5.90. The number of hydrogen-bond donors (Lipinski definition) is 1. The van der Waals surface area contributed by atoms with Crippen LogP contribution < -0.4 is 5.32 Å². The molecular formula is C12H10BrClN2O2S. The van der Waals surface area contributed by atoms with E-state index in [1.54, 1.807) is 12.1 Å². The molecule has 0 bridgehead atoms. The molecule has 1 heterocycles. The minimum Gasteiger partial charge on any atom is -0.378 e. The van der Waals surface area contributed by atoms with E-state index in [4.69, 9.17) is 11.6 Å². The van der Waals surface area contributed by atoms with Gasteiger partial charge >= 0.3 is 0 Å². The van der Waals surface area contributed by atoms with Gasteiger partial charge in [-0.05, 0) is 47.1 Å². The van der Waals surface area contributed by atoms with Crippen LogP contribution in [0.1, 0.15) is 17.8 Å². The van der Waals surface area contributed by atoms with Crippen molar-refractivity contribution in [3.05, 3.63) is 54.1 Å². The van der Waals surface area contributed by atoms with Crippen LogP contribution in [0.2, 0.25) is 4.34 Å². The molecule has 0 saturated heterocycles. The first-order valence-electron chi connectivity index (χ1n) is 5.43. The maximum atomic E-state index is 10.9. The van der Waals surface area contributed by atoms with Crippen LogP contribution in [0.4, 0.5) is 11.4 Å². The number of rotatable bonds is 4. The van der Waals surface area contributed by atoms with Crippen molar-refractivity contribution in [2.45, 2.75) is 13.0 Å². The molecular weight excluding hydrogens is 352 g/mol. The highest BCUT2D eigenvalue weighted by Gasteiger charge is 2.14. The molecule has 0 fully saturated rings. The SMILES string of the molecule is CC(Nc1ccc(Br)c([N+](=O)[O-])c1)c1ccc(Cl)s1. The lowest BCUT2D eigenvalue weighted by atomic mass is 10.2. The number of halogens is 2. The molecule has 2 rings (SSSR count). The zero-order valence-corrected chi connectivity index (χ0v) is 13.1. The summed E-state index contributed by atoms with van der Waals surface area (Å²) in [4.78, 5) is 11.5. The van der Waals surface area contributed by atoms with Crippen molar-refractivity contribution in [2.24, 2.45) is 0 Å². The van der Waals surface area contributed by atoms with Gasteiger partial charge in [0.25, 0.3) is 5.69 Å². The van der Waals surface area contributed by atoms with Crippen molar-refractivity contribution in [3.63, 3.8) is 0 Å². The molecule has 0 radical (unpaired) electrons. The molecule has 2 aromatic rings. The van der Waals surface area contributed by atoms with Gasteiger partial charge in [-0.15, -0.1) is 11.3 Å². The number of nitrogens with zero attached hydrogens (tertiary/aromatic N) is 1. The van der Waals surface area contributed by atoms with E-state index in [1.165, 1.54) is 17.4 Å². The predicted molar refractivity (Wildman–Crippen MR) is 82.2 cm³/mol. The van der Waals surface area contributed by atoms with E-state index in [0.717, 1.165) is 9.21 Å². The summed E-state index contributed by atoms with van der Waals surface area (Å²) in [5.41, 5.74) is 0.744. The molecule has 4 nitrogen and oxygen atoms in total. The van der Waals surface area contributed by atoms with Gasteiger partial charge in [0.15, 0.2) is 0 Å². The molecule has 1 aromatic heterocycles. The predicted octanol–water partition coefficient (Wildman–Crippen LogP) is 5.25. The fraction of sp³-hybridized carbons (Fsp3) is 0.167. The van der Waals surface area contributed by atoms with Crippen molar-refractivity contribution in [1.29, 1.82) is 0 Å². The van der Waals surface area contributed by atoms with Crippen LogP contribution in [0.3, 0.4) is 0 Å². The molecule has 1 unspecified atom stereocenters. The van der Waals surface area contributed by atoms with Gasteiger partial charge in [0.2, 0.25) is 0 Å². The van der Waals surface area contributed by atoms with Crippen LogP contribution in [-0.2, 0) is 0 Å². The van der Waals surface area contributed by atoms with Gasteiger partial charge in [0.1, 0.15) is 0 Å². The molecule has 0 amide bonds. The second-order valence-corrected chi connectivity index (χ2v) is 6.53. The Hall–Kier alpha value is -1.11. The highest BCUT2D eigenvalue weighted by Crippen LogP contribution is 2.32. The number of nitrogens with one attached hydrogen (secondary N) is 1. The van der Waals surface area contributed by atoms with Crippen molar-refractivity contribution in [1.82, 2.24) is 0 Å². The average molecular weight is 362 g/mol. The lowest BCUT2D eigenvalue weighted by Crippen LogP contribution is -2.05. The van der Waals surface area contributed by atoms with Gasteiger partial charge in [-0.2, -0.15) is 0 Å². The Bertz CT molecular complexity index is 618. The smallest absolute Gasteiger partial charge is 0.285 e. The normalized spacial score (nSPS) is 12.2. The summed E-state index contributed by atoms with van der Waals surface area (Å²) in [6.07, 6.45) is 0. The van der Waals surface area contributed by atoms with Crippen molar-refractivity contribution >= 4 is 50.2 Å². The Balaban J connectivity index is 2.19. The maximum absolute atomic E-state index is 10.9. The molecule has 0 aliphatic heterocycles. The molecule has 7 heteroatoms. The van der Waals surface area contributed by atoms with Gasteiger partial charge < -0.3 is 5.32 Å². The van der Waals surface area contributed by atoms with Crippen LogP contribution in [-0.4, -0.2) is 4.92 Å². The van der Waals surface area contributed by atoms with Crippen LogP contribution in [0.5, 0.6) is 0 Å². The standard InChI is InChI=1S/C12H10BrClN2O2S/c1-7(11-4-5-12(14)19-11)15-8-2-3-9(13)10(6-8)16(17)18/h2-7,15H,1H3. The summed E-state index contributed by atoms with van der Waals surface area (Å²) < 4.78 is 1.19. The van der Waals surface area contributed by atoms with Gasteiger partial charge in [-0.3, -0.25) is 10.1 Å². The van der Waals surface area contributed by atoms with E-state index >= 15 is 0 Å². The molecule has 0 saturated carbocycles. The monoisotopic (exact) mass is 360 g/mol. The van der Waals surface area contributed by atoms with Crippen LogP contribution >= 0.6 is 38.9 Å². The van der Waals surface area contributed by atoms with E-state index in [9.17, 15) is 10.1 Å². The first-order valence-corrected chi connectivity index (χ1v) is 7.42. The minimum absolute atomic E-state index is 0.0401. The van der Waals surface area contributed by atoms with Crippen LogP contribution in [0.25, 0.3) is 0 Å². The third-order valence-electron chi connectivity index (χ3n) is 2.55. The number of benzene rings is 1. The third-order valence-corrected chi connectivity index (χ3v) is 4.63. The van der Waals surface area contributed by atoms with E-state index < -0.39 is 4.92 Å². The lowest BCUT2D eigenvalue weighted by Gasteiger charge is -2.13. The quantitative estimate of drug-likeness (QED) is 0.598. The minimum atomic E-state index is -0.415. The zero-order chi connectivity index (χ0) is 14.0. The first kappa shape index (κ1) is 14.3. The number of nitro groups is 1. The van der Waals surface area contributed by atoms with Crippen LogP contribution in [0.15, 0.2) is 34.8 Å². The summed E-state index contributed by atoms with van der Waals surface area (Å²) in [5.74, 6) is 0. The van der Waals surface area contributed by atoms with Crippen molar-refractivity contribution in [2.75, 3.05) is 5.32 Å².